The molecule has 1 atom stereocenters. The number of hydrogen-bond acceptors (Lipinski definition) is 3. The second-order valence-electron chi connectivity index (χ2n) is 4.26. The van der Waals surface area contributed by atoms with Gasteiger partial charge in [0.15, 0.2) is 0 Å². The topological polar surface area (TPSA) is 45.0 Å². The number of ether oxygens (including phenoxy) is 1. The van der Waals surface area contributed by atoms with Crippen molar-refractivity contribution in [1.29, 1.82) is 5.26 Å². The monoisotopic (exact) mass is 252 g/mol. The molecule has 0 heterocycles. The van der Waals surface area contributed by atoms with Gasteiger partial charge in [-0.25, -0.2) is 0 Å². The van der Waals surface area contributed by atoms with E-state index in [0.29, 0.717) is 12.2 Å². The molecule has 3 nitrogen and oxygen atoms in total. The molecule has 0 aliphatic heterocycles. The van der Waals surface area contributed by atoms with Crippen molar-refractivity contribution >= 4 is 5.69 Å². The Kier molecular flexibility index (Phi) is 4.54. The van der Waals surface area contributed by atoms with Gasteiger partial charge in [0.1, 0.15) is 0 Å². The summed E-state index contributed by atoms with van der Waals surface area (Å²) in [5.41, 5.74) is 2.73. The first-order chi connectivity index (χ1) is 9.33. The third-order valence-electron chi connectivity index (χ3n) is 2.87. The zero-order valence-corrected chi connectivity index (χ0v) is 10.8. The number of nitriles is 1. The third-order valence-corrected chi connectivity index (χ3v) is 2.87. The van der Waals surface area contributed by atoms with Gasteiger partial charge in [-0.1, -0.05) is 36.4 Å². The summed E-state index contributed by atoms with van der Waals surface area (Å²) in [7, 11) is 1.68. The lowest BCUT2D eigenvalue weighted by molar-refractivity contribution is 0.186. The first-order valence-corrected chi connectivity index (χ1v) is 6.14. The second-order valence-corrected chi connectivity index (χ2v) is 4.26. The van der Waals surface area contributed by atoms with Crippen LogP contribution < -0.4 is 5.32 Å². The fraction of sp³-hybridized carbons (Fsp3) is 0.188. The summed E-state index contributed by atoms with van der Waals surface area (Å²) in [5.74, 6) is 0. The Balaban J connectivity index is 2.19. The Morgan fingerprint density at radius 2 is 1.95 bits per heavy atom. The number of anilines is 1. The molecule has 0 aliphatic carbocycles. The highest BCUT2D eigenvalue weighted by Crippen LogP contribution is 2.20. The van der Waals surface area contributed by atoms with Crippen LogP contribution >= 0.6 is 0 Å². The second kappa shape index (κ2) is 6.58. The molecule has 0 saturated heterocycles. The molecule has 0 radical (unpaired) electrons. The molecule has 0 spiro atoms. The summed E-state index contributed by atoms with van der Waals surface area (Å²) in [4.78, 5) is 0. The van der Waals surface area contributed by atoms with Gasteiger partial charge >= 0.3 is 0 Å². The van der Waals surface area contributed by atoms with E-state index in [1.165, 1.54) is 0 Å². The minimum absolute atomic E-state index is 0.0696. The van der Waals surface area contributed by atoms with Gasteiger partial charge in [0.05, 0.1) is 24.3 Å². The fourth-order valence-electron chi connectivity index (χ4n) is 1.95. The van der Waals surface area contributed by atoms with E-state index in [2.05, 4.69) is 23.5 Å². The predicted octanol–water partition coefficient (Wildman–Crippen LogP) is 3.36. The minimum atomic E-state index is 0.0696. The summed E-state index contributed by atoms with van der Waals surface area (Å²) >= 11 is 0. The Hall–Kier alpha value is -2.31. The minimum Gasteiger partial charge on any atom is -0.382 e. The van der Waals surface area contributed by atoms with E-state index in [1.807, 2.05) is 36.4 Å². The maximum Gasteiger partial charge on any atom is 0.0992 e. The van der Waals surface area contributed by atoms with E-state index in [4.69, 9.17) is 10.00 Å². The lowest BCUT2D eigenvalue weighted by Gasteiger charge is -2.19. The molecular formula is C16H16N2O. The van der Waals surface area contributed by atoms with E-state index >= 15 is 0 Å². The van der Waals surface area contributed by atoms with E-state index in [9.17, 15) is 0 Å². The van der Waals surface area contributed by atoms with E-state index in [-0.39, 0.29) is 6.04 Å². The van der Waals surface area contributed by atoms with Crippen LogP contribution in [0.15, 0.2) is 54.6 Å². The van der Waals surface area contributed by atoms with Gasteiger partial charge in [-0.15, -0.1) is 0 Å². The average molecular weight is 252 g/mol. The summed E-state index contributed by atoms with van der Waals surface area (Å²) in [6, 6.07) is 19.8. The molecule has 1 unspecified atom stereocenters. The number of hydrogen-bond donors (Lipinski definition) is 1. The molecule has 0 aromatic heterocycles. The third kappa shape index (κ3) is 3.57. The van der Waals surface area contributed by atoms with Crippen molar-refractivity contribution in [3.05, 3.63) is 65.7 Å². The summed E-state index contributed by atoms with van der Waals surface area (Å²) in [6.07, 6.45) is 0. The van der Waals surface area contributed by atoms with Crippen molar-refractivity contribution in [3.8, 4) is 6.07 Å². The molecule has 0 saturated carbocycles. The van der Waals surface area contributed by atoms with Gasteiger partial charge < -0.3 is 10.1 Å². The van der Waals surface area contributed by atoms with Gasteiger partial charge in [0, 0.05) is 12.8 Å². The quantitative estimate of drug-likeness (QED) is 0.887. The molecule has 19 heavy (non-hydrogen) atoms. The largest absolute Gasteiger partial charge is 0.382 e. The number of benzene rings is 2. The highest BCUT2D eigenvalue weighted by Gasteiger charge is 2.10. The van der Waals surface area contributed by atoms with Crippen LogP contribution in [0.1, 0.15) is 17.2 Å². The molecule has 3 heteroatoms. The molecule has 2 aromatic carbocycles. The average Bonchev–Trinajstić information content (AvgIpc) is 2.48. The van der Waals surface area contributed by atoms with Crippen LogP contribution in [0, 0.1) is 11.3 Å². The van der Waals surface area contributed by atoms with Crippen molar-refractivity contribution in [3.63, 3.8) is 0 Å². The summed E-state index contributed by atoms with van der Waals surface area (Å²) < 4.78 is 5.26. The highest BCUT2D eigenvalue weighted by atomic mass is 16.5. The highest BCUT2D eigenvalue weighted by molar-refractivity contribution is 5.50. The van der Waals surface area contributed by atoms with Gasteiger partial charge in [-0.3, -0.25) is 0 Å². The van der Waals surface area contributed by atoms with Gasteiger partial charge in [-0.05, 0) is 23.8 Å². The fourth-order valence-corrected chi connectivity index (χ4v) is 1.95. The van der Waals surface area contributed by atoms with Crippen LogP contribution in [-0.4, -0.2) is 13.7 Å². The Bertz CT molecular complexity index is 560. The van der Waals surface area contributed by atoms with Gasteiger partial charge in [0.25, 0.3) is 0 Å². The number of nitrogens with zero attached hydrogens (tertiary/aromatic N) is 1. The molecule has 96 valence electrons. The van der Waals surface area contributed by atoms with E-state index < -0.39 is 0 Å². The van der Waals surface area contributed by atoms with Crippen LogP contribution in [-0.2, 0) is 4.74 Å². The van der Waals surface area contributed by atoms with Crippen LogP contribution in [0.5, 0.6) is 0 Å². The molecule has 0 fully saturated rings. The van der Waals surface area contributed by atoms with E-state index in [1.54, 1.807) is 13.2 Å². The number of methoxy groups -OCH3 is 1. The number of rotatable bonds is 5. The van der Waals surface area contributed by atoms with Crippen molar-refractivity contribution in [2.24, 2.45) is 0 Å². The SMILES string of the molecule is COCC(Nc1cccc(C#N)c1)c1ccccc1. The Morgan fingerprint density at radius 1 is 1.16 bits per heavy atom. The van der Waals surface area contributed by atoms with Gasteiger partial charge in [-0.2, -0.15) is 5.26 Å². The standard InChI is InChI=1S/C16H16N2O/c1-19-12-16(14-7-3-2-4-8-14)18-15-9-5-6-13(10-15)11-17/h2-10,16,18H,12H2,1H3. The van der Waals surface area contributed by atoms with Crippen molar-refractivity contribution in [2.75, 3.05) is 19.0 Å². The molecule has 0 aliphatic rings. The lowest BCUT2D eigenvalue weighted by Crippen LogP contribution is -2.16. The zero-order valence-electron chi connectivity index (χ0n) is 10.8. The number of nitrogens with one attached hydrogen (secondary N) is 1. The van der Waals surface area contributed by atoms with Crippen LogP contribution in [0.25, 0.3) is 0 Å². The molecule has 0 bridgehead atoms. The van der Waals surface area contributed by atoms with Crippen LogP contribution in [0.3, 0.4) is 0 Å². The van der Waals surface area contributed by atoms with Crippen molar-refractivity contribution < 1.29 is 4.74 Å². The molecule has 2 rings (SSSR count). The summed E-state index contributed by atoms with van der Waals surface area (Å²) in [6.45, 7) is 0.570. The summed E-state index contributed by atoms with van der Waals surface area (Å²) in [5, 5.41) is 12.3. The zero-order chi connectivity index (χ0) is 13.5. The molecule has 2 aromatic rings. The van der Waals surface area contributed by atoms with Crippen molar-refractivity contribution in [2.45, 2.75) is 6.04 Å². The molecule has 1 N–H and O–H groups in total. The molecule has 0 amide bonds. The Labute approximate surface area is 113 Å². The normalized spacial score (nSPS) is 11.6. The van der Waals surface area contributed by atoms with Crippen LogP contribution in [0.4, 0.5) is 5.69 Å². The smallest absolute Gasteiger partial charge is 0.0992 e. The van der Waals surface area contributed by atoms with Crippen molar-refractivity contribution in [1.82, 2.24) is 0 Å². The maximum absolute atomic E-state index is 8.91. The Morgan fingerprint density at radius 3 is 2.63 bits per heavy atom. The first kappa shape index (κ1) is 13.1. The predicted molar refractivity (Wildman–Crippen MR) is 75.8 cm³/mol. The van der Waals surface area contributed by atoms with Crippen LogP contribution in [0.2, 0.25) is 0 Å². The lowest BCUT2D eigenvalue weighted by atomic mass is 10.1. The van der Waals surface area contributed by atoms with E-state index in [0.717, 1.165) is 11.3 Å². The van der Waals surface area contributed by atoms with Gasteiger partial charge in [0.2, 0.25) is 0 Å². The maximum atomic E-state index is 8.91. The first-order valence-electron chi connectivity index (χ1n) is 6.14. The molecular weight excluding hydrogens is 236 g/mol.